The van der Waals surface area contributed by atoms with Crippen LogP contribution < -0.4 is 0 Å². The van der Waals surface area contributed by atoms with E-state index in [-0.39, 0.29) is 0 Å². The summed E-state index contributed by atoms with van der Waals surface area (Å²) in [7, 11) is 0. The van der Waals surface area contributed by atoms with Crippen LogP contribution in [0.15, 0.2) is 203 Å². The third kappa shape index (κ3) is 4.74. The molecule has 2 aromatic heterocycles. The van der Waals surface area contributed by atoms with Crippen LogP contribution in [0.2, 0.25) is 0 Å². The molecule has 2 heteroatoms. The number of furan rings is 2. The van der Waals surface area contributed by atoms with Crippen LogP contribution in [0.3, 0.4) is 0 Å². The highest BCUT2D eigenvalue weighted by molar-refractivity contribution is 6.24. The van der Waals surface area contributed by atoms with Gasteiger partial charge in [0.25, 0.3) is 0 Å². The standard InChI is InChI=1S/C52H32O2/c1-4-14-33(15-5-1)34-24-26-36(27-25-34)47-39-20-10-12-22-41(39)48(42-23-13-11-21-40(42)47)38-28-30-45-44(32-38)50-46(53-45)31-29-43-49(35-16-6-2-7-17-35)51(54-52(43)50)37-18-8-3-9-19-37/h1-32H. The first kappa shape index (κ1) is 30.5. The van der Waals surface area contributed by atoms with E-state index in [2.05, 4.69) is 188 Å². The molecule has 2 nitrogen and oxygen atoms in total. The SMILES string of the molecule is c1ccc(-c2ccc(-c3c4ccccc4c(-c4ccc5oc6ccc7c(-c8ccccc8)c(-c8ccccc8)oc7c6c5c4)c4ccccc34)cc2)cc1. The molecule has 0 fully saturated rings. The highest BCUT2D eigenvalue weighted by Crippen LogP contribution is 2.48. The van der Waals surface area contributed by atoms with Crippen molar-refractivity contribution in [3.63, 3.8) is 0 Å². The fourth-order valence-electron chi connectivity index (χ4n) is 8.47. The Kier molecular flexibility index (Phi) is 6.90. The van der Waals surface area contributed by atoms with E-state index >= 15 is 0 Å². The lowest BCUT2D eigenvalue weighted by atomic mass is 9.85. The maximum Gasteiger partial charge on any atom is 0.147 e. The van der Waals surface area contributed by atoms with Gasteiger partial charge in [-0.1, -0.05) is 170 Å². The zero-order valence-electron chi connectivity index (χ0n) is 29.3. The molecule has 0 amide bonds. The van der Waals surface area contributed by atoms with E-state index in [1.165, 1.54) is 49.4 Å². The molecule has 0 N–H and O–H groups in total. The minimum Gasteiger partial charge on any atom is -0.456 e. The molecule has 11 aromatic rings. The van der Waals surface area contributed by atoms with Gasteiger partial charge >= 0.3 is 0 Å². The monoisotopic (exact) mass is 688 g/mol. The third-order valence-electron chi connectivity index (χ3n) is 10.9. The van der Waals surface area contributed by atoms with E-state index in [4.69, 9.17) is 8.83 Å². The molecule has 0 aliphatic heterocycles. The van der Waals surface area contributed by atoms with Crippen molar-refractivity contribution >= 4 is 54.5 Å². The summed E-state index contributed by atoms with van der Waals surface area (Å²) < 4.78 is 13.5. The molecule has 0 aliphatic carbocycles. The zero-order valence-corrected chi connectivity index (χ0v) is 29.3. The molecule has 11 rings (SSSR count). The highest BCUT2D eigenvalue weighted by Gasteiger charge is 2.23. The van der Waals surface area contributed by atoms with Crippen LogP contribution >= 0.6 is 0 Å². The highest BCUT2D eigenvalue weighted by atomic mass is 16.3. The maximum atomic E-state index is 6.95. The Hall–Kier alpha value is -7.16. The molecule has 0 bridgehead atoms. The predicted molar refractivity (Wildman–Crippen MR) is 226 cm³/mol. The van der Waals surface area contributed by atoms with Crippen LogP contribution in [0.25, 0.3) is 110 Å². The van der Waals surface area contributed by atoms with Gasteiger partial charge in [-0.25, -0.2) is 0 Å². The topological polar surface area (TPSA) is 26.3 Å². The van der Waals surface area contributed by atoms with Crippen LogP contribution in [0.4, 0.5) is 0 Å². The third-order valence-corrected chi connectivity index (χ3v) is 10.9. The van der Waals surface area contributed by atoms with E-state index in [1.807, 2.05) is 6.07 Å². The van der Waals surface area contributed by atoms with Crippen molar-refractivity contribution in [1.82, 2.24) is 0 Å². The summed E-state index contributed by atoms with van der Waals surface area (Å²) in [5, 5.41) is 7.98. The normalized spacial score (nSPS) is 11.7. The Morgan fingerprint density at radius 1 is 0.259 bits per heavy atom. The first-order valence-corrected chi connectivity index (χ1v) is 18.4. The molecule has 0 saturated heterocycles. The Labute approximate surface area is 312 Å². The van der Waals surface area contributed by atoms with Crippen molar-refractivity contribution in [3.8, 4) is 55.8 Å². The summed E-state index contributed by atoms with van der Waals surface area (Å²) in [4.78, 5) is 0. The summed E-state index contributed by atoms with van der Waals surface area (Å²) in [5.41, 5.74) is 13.0. The number of benzene rings is 9. The first-order chi connectivity index (χ1) is 26.8. The lowest BCUT2D eigenvalue weighted by Gasteiger charge is -2.18. The first-order valence-electron chi connectivity index (χ1n) is 18.4. The molecule has 0 spiro atoms. The van der Waals surface area contributed by atoms with E-state index in [0.717, 1.165) is 60.9 Å². The quantitative estimate of drug-likeness (QED) is 0.168. The molecule has 252 valence electrons. The Balaban J connectivity index is 1.15. The molecule has 0 saturated carbocycles. The fourth-order valence-corrected chi connectivity index (χ4v) is 8.47. The van der Waals surface area contributed by atoms with Gasteiger partial charge in [-0.3, -0.25) is 0 Å². The van der Waals surface area contributed by atoms with Crippen LogP contribution in [0, 0.1) is 0 Å². The van der Waals surface area contributed by atoms with Gasteiger partial charge in [0.2, 0.25) is 0 Å². The fraction of sp³-hybridized carbons (Fsp3) is 0. The van der Waals surface area contributed by atoms with Crippen LogP contribution in [-0.4, -0.2) is 0 Å². The van der Waals surface area contributed by atoms with E-state index in [1.54, 1.807) is 0 Å². The van der Waals surface area contributed by atoms with Gasteiger partial charge in [0.15, 0.2) is 0 Å². The molecule has 2 heterocycles. The van der Waals surface area contributed by atoms with Crippen LogP contribution in [-0.2, 0) is 0 Å². The largest absolute Gasteiger partial charge is 0.456 e. The van der Waals surface area contributed by atoms with Gasteiger partial charge in [-0.2, -0.15) is 0 Å². The average Bonchev–Trinajstić information content (AvgIpc) is 3.82. The van der Waals surface area contributed by atoms with Gasteiger partial charge in [0.1, 0.15) is 22.5 Å². The minimum atomic E-state index is 0.812. The number of hydrogen-bond acceptors (Lipinski definition) is 2. The summed E-state index contributed by atoms with van der Waals surface area (Å²) in [5.74, 6) is 0.860. The second kappa shape index (κ2) is 12.2. The van der Waals surface area contributed by atoms with Crippen molar-refractivity contribution in [2.45, 2.75) is 0 Å². The number of fused-ring (bicyclic) bond motifs is 7. The smallest absolute Gasteiger partial charge is 0.147 e. The molecule has 0 radical (unpaired) electrons. The molecule has 0 aliphatic rings. The number of rotatable bonds is 5. The van der Waals surface area contributed by atoms with E-state index in [9.17, 15) is 0 Å². The summed E-state index contributed by atoms with van der Waals surface area (Å²) >= 11 is 0. The molecule has 9 aromatic carbocycles. The van der Waals surface area contributed by atoms with Gasteiger partial charge < -0.3 is 8.83 Å². The van der Waals surface area contributed by atoms with Crippen molar-refractivity contribution < 1.29 is 8.83 Å². The average molecular weight is 689 g/mol. The minimum absolute atomic E-state index is 0.812. The summed E-state index contributed by atoms with van der Waals surface area (Å²) in [6.07, 6.45) is 0. The predicted octanol–water partition coefficient (Wildman–Crippen LogP) is 15.0. The van der Waals surface area contributed by atoms with Crippen LogP contribution in [0.1, 0.15) is 0 Å². The second-order valence-corrected chi connectivity index (χ2v) is 14.0. The summed E-state index contributed by atoms with van der Waals surface area (Å²) in [6.45, 7) is 0. The van der Waals surface area contributed by atoms with Crippen LogP contribution in [0.5, 0.6) is 0 Å². The van der Waals surface area contributed by atoms with E-state index in [0.29, 0.717) is 0 Å². The number of hydrogen-bond donors (Lipinski definition) is 0. The maximum absolute atomic E-state index is 6.95. The molecular weight excluding hydrogens is 657 g/mol. The lowest BCUT2D eigenvalue weighted by molar-refractivity contribution is 0.634. The van der Waals surface area contributed by atoms with Gasteiger partial charge in [0.05, 0.1) is 5.39 Å². The van der Waals surface area contributed by atoms with Crippen molar-refractivity contribution in [2.24, 2.45) is 0 Å². The van der Waals surface area contributed by atoms with Crippen molar-refractivity contribution in [1.29, 1.82) is 0 Å². The van der Waals surface area contributed by atoms with Crippen molar-refractivity contribution in [2.75, 3.05) is 0 Å². The Morgan fingerprint density at radius 2 is 0.704 bits per heavy atom. The summed E-state index contributed by atoms with van der Waals surface area (Å²) in [6, 6.07) is 69.0. The molecule has 0 unspecified atom stereocenters. The lowest BCUT2D eigenvalue weighted by Crippen LogP contribution is -1.91. The second-order valence-electron chi connectivity index (χ2n) is 14.0. The van der Waals surface area contributed by atoms with E-state index < -0.39 is 0 Å². The Bertz CT molecular complexity index is 3110. The van der Waals surface area contributed by atoms with Gasteiger partial charge in [-0.05, 0) is 84.8 Å². The zero-order chi connectivity index (χ0) is 35.6. The Morgan fingerprint density at radius 3 is 1.31 bits per heavy atom. The molecule has 0 atom stereocenters. The van der Waals surface area contributed by atoms with Gasteiger partial charge in [-0.15, -0.1) is 0 Å². The molecule has 54 heavy (non-hydrogen) atoms. The van der Waals surface area contributed by atoms with Gasteiger partial charge in [0, 0.05) is 21.9 Å². The van der Waals surface area contributed by atoms with Crippen molar-refractivity contribution in [3.05, 3.63) is 194 Å². The molecular formula is C52H32O2.